The Balaban J connectivity index is 0.000000138. The number of amides is 3. The van der Waals surface area contributed by atoms with Crippen LogP contribution in [0.15, 0.2) is 112 Å². The van der Waals surface area contributed by atoms with Crippen LogP contribution in [0.4, 0.5) is 30.6 Å². The summed E-state index contributed by atoms with van der Waals surface area (Å²) in [6, 6.07) is 10.1. The van der Waals surface area contributed by atoms with Gasteiger partial charge in [0.2, 0.25) is 35.4 Å². The zero-order chi connectivity index (χ0) is 87.4. The summed E-state index contributed by atoms with van der Waals surface area (Å²) in [6.45, 7) is 23.1. The first-order valence-electron chi connectivity index (χ1n) is 40.5. The van der Waals surface area contributed by atoms with Crippen LogP contribution in [0.2, 0.25) is 15.1 Å². The van der Waals surface area contributed by atoms with Gasteiger partial charge in [0, 0.05) is 167 Å². The Labute approximate surface area is 729 Å². The second-order valence-electron chi connectivity index (χ2n) is 31.1. The standard InChI is InChI=1S/2C28H30ClFN8O4.C28H30ClFN8O3/c2*1-4-22(39)37-7-9-38(10-8-37)26-18-5-6-31-27(42-25-19-13-32-35-21(19)12-20(30)23(25)29)24(18)33-28(34-26)41-15-16-11-17(40-3)14-36(16)2;1-4-22(39)37-7-9-38(10-8-37)26-18-5-6-31-27(41-25-19-13-32-35-21(19)12-20(30)23(25)29)24(18)33-28(34-26)40-15-17-11-16(2)14-36(17)3/h2*4-6,12-13,16-17H,1,7-11,14-15H2,2-3H3,(H,32,35);4-6,12-13,16-17H,1,7-11,14-15H2,2-3H3,(H,32,35)/t16-,17+;2*16-,17-/m000/s1. The number of benzene rings is 3. The van der Waals surface area contributed by atoms with E-state index in [1.165, 1.54) is 55.0 Å². The lowest BCUT2D eigenvalue weighted by molar-refractivity contribution is -0.127. The largest absolute Gasteiger partial charge is 0.462 e. The molecule has 0 radical (unpaired) electrons. The number of aromatic nitrogens is 15. The summed E-state index contributed by atoms with van der Waals surface area (Å²) in [5.41, 5.74) is 2.41. The van der Waals surface area contributed by atoms with E-state index < -0.39 is 17.5 Å². The van der Waals surface area contributed by atoms with Crippen LogP contribution in [0.25, 0.3) is 65.4 Å². The topological polar surface area (TPSA) is 356 Å². The van der Waals surface area contributed by atoms with Crippen LogP contribution in [0.1, 0.15) is 26.2 Å². The van der Waals surface area contributed by atoms with Crippen LogP contribution in [0, 0.1) is 23.4 Å². The number of ether oxygens (including phenoxy) is 8. The third kappa shape index (κ3) is 18.4. The summed E-state index contributed by atoms with van der Waals surface area (Å²) >= 11 is 19.0. The molecule has 12 aromatic rings. The molecule has 0 unspecified atom stereocenters. The lowest BCUT2D eigenvalue weighted by atomic mass is 10.1. The number of H-pyrrole nitrogens is 3. The van der Waals surface area contributed by atoms with Gasteiger partial charge < -0.3 is 67.3 Å². The molecule has 6 aliphatic rings. The van der Waals surface area contributed by atoms with Crippen molar-refractivity contribution in [3.63, 3.8) is 0 Å². The number of pyridine rings is 3. The van der Waals surface area contributed by atoms with Gasteiger partial charge in [-0.25, -0.2) is 28.1 Å². The molecule has 654 valence electrons. The van der Waals surface area contributed by atoms with Crippen molar-refractivity contribution in [2.24, 2.45) is 5.92 Å². The maximum atomic E-state index is 14.6. The van der Waals surface area contributed by atoms with Gasteiger partial charge in [0.1, 0.15) is 86.3 Å². The predicted molar refractivity (Wildman–Crippen MR) is 463 cm³/mol. The first-order chi connectivity index (χ1) is 60.5. The van der Waals surface area contributed by atoms with E-state index in [1.54, 1.807) is 65.7 Å². The highest BCUT2D eigenvalue weighted by Crippen LogP contribution is 2.45. The SMILES string of the molecule is C=CC(=O)N1CCN(c2nc(OC[C@@H]3C[C@@H](OC)CN3C)nc3c(Oc4c(Cl)c(F)cc5[nH]ncc45)nccc23)CC1.C=CC(=O)N1CCN(c2nc(OC[C@@H]3C[C@H](C)CN3C)nc3c(Oc4c(Cl)c(F)cc5[nH]ncc45)nccc23)CC1.C=CC(=O)N1CCN(c2nc(OC[C@@H]3C[C@H](OC)CN3C)nc3c(Oc4c(Cl)c(F)cc5[nH]ncc45)nccc23)CC1. The summed E-state index contributed by atoms with van der Waals surface area (Å²) < 4.78 is 92.0. The first-order valence-corrected chi connectivity index (χ1v) is 41.7. The maximum Gasteiger partial charge on any atom is 0.319 e. The second kappa shape index (κ2) is 37.7. The predicted octanol–water partition coefficient (Wildman–Crippen LogP) is 10.9. The van der Waals surface area contributed by atoms with Gasteiger partial charge >= 0.3 is 18.0 Å². The van der Waals surface area contributed by atoms with E-state index in [1.807, 2.05) is 14.1 Å². The molecular weight excluding hydrogens is 1680 g/mol. The molecule has 125 heavy (non-hydrogen) atoms. The van der Waals surface area contributed by atoms with Crippen molar-refractivity contribution >= 4 is 135 Å². The number of carbonyl (C=O) groups excluding carboxylic acids is 3. The minimum atomic E-state index is -0.662. The highest BCUT2D eigenvalue weighted by molar-refractivity contribution is 6.34. The lowest BCUT2D eigenvalue weighted by Gasteiger charge is -2.35. The molecule has 3 amide bonds. The number of nitrogens with one attached hydrogen (secondary N) is 3. The molecule has 6 atom stereocenters. The Bertz CT molecular complexity index is 5810. The molecule has 6 fully saturated rings. The zero-order valence-electron chi connectivity index (χ0n) is 69.2. The Morgan fingerprint density at radius 3 is 1.01 bits per heavy atom. The number of fused-ring (bicyclic) bond motifs is 6. The van der Waals surface area contributed by atoms with E-state index in [4.69, 9.17) is 103 Å². The molecule has 9 aromatic heterocycles. The van der Waals surface area contributed by atoms with Gasteiger partial charge in [-0.05, 0) is 82.8 Å². The lowest BCUT2D eigenvalue weighted by Crippen LogP contribution is -2.48. The number of piperazine rings is 3. The molecule has 0 bridgehead atoms. The van der Waals surface area contributed by atoms with Gasteiger partial charge in [0.25, 0.3) is 0 Å². The average molecular weight is 1780 g/mol. The highest BCUT2D eigenvalue weighted by Gasteiger charge is 2.36. The summed E-state index contributed by atoms with van der Waals surface area (Å²) in [7, 11) is 9.56. The molecule has 18 rings (SSSR count). The van der Waals surface area contributed by atoms with Crippen molar-refractivity contribution in [1.82, 2.24) is 105 Å². The summed E-state index contributed by atoms with van der Waals surface area (Å²) in [4.78, 5) is 96.3. The van der Waals surface area contributed by atoms with Crippen LogP contribution in [-0.2, 0) is 23.9 Å². The fourth-order valence-corrected chi connectivity index (χ4v) is 17.0. The number of carbonyl (C=O) groups is 3. The molecule has 6 aliphatic heterocycles. The van der Waals surface area contributed by atoms with Gasteiger partial charge in [-0.15, -0.1) is 0 Å². The van der Waals surface area contributed by atoms with Gasteiger partial charge in [-0.1, -0.05) is 61.5 Å². The van der Waals surface area contributed by atoms with Crippen LogP contribution in [0.3, 0.4) is 0 Å². The van der Waals surface area contributed by atoms with Crippen LogP contribution >= 0.6 is 34.8 Å². The molecule has 15 heterocycles. The molecule has 35 nitrogen and oxygen atoms in total. The Morgan fingerprint density at radius 2 is 0.736 bits per heavy atom. The fraction of sp³-hybridized carbons (Fsp3) is 0.393. The monoisotopic (exact) mass is 1770 g/mol. The Hall–Kier alpha value is -12.2. The number of anilines is 3. The smallest absolute Gasteiger partial charge is 0.319 e. The fourth-order valence-electron chi connectivity index (χ4n) is 16.4. The zero-order valence-corrected chi connectivity index (χ0v) is 71.5. The molecule has 41 heteroatoms. The molecule has 3 N–H and O–H groups in total. The Morgan fingerprint density at radius 1 is 0.440 bits per heavy atom. The highest BCUT2D eigenvalue weighted by atomic mass is 35.5. The number of rotatable bonds is 23. The minimum Gasteiger partial charge on any atom is -0.462 e. The number of hydrogen-bond donors (Lipinski definition) is 3. The number of likely N-dealkylation sites (N-methyl/N-ethyl adjacent to an activating group) is 3. The van der Waals surface area contributed by atoms with Gasteiger partial charge in [-0.3, -0.25) is 44.4 Å². The maximum absolute atomic E-state index is 14.6. The number of methoxy groups -OCH3 is 2. The van der Waals surface area contributed by atoms with Crippen molar-refractivity contribution in [3.05, 3.63) is 144 Å². The summed E-state index contributed by atoms with van der Waals surface area (Å²) in [5.74, 6) is 0.682. The minimum absolute atomic E-state index is 0.0674. The van der Waals surface area contributed by atoms with Crippen molar-refractivity contribution in [2.45, 2.75) is 56.5 Å². The molecule has 3 aromatic carbocycles. The third-order valence-corrected chi connectivity index (χ3v) is 24.3. The van der Waals surface area contributed by atoms with E-state index in [0.29, 0.717) is 187 Å². The first kappa shape index (κ1) is 86.4. The molecule has 0 spiro atoms. The van der Waals surface area contributed by atoms with Crippen molar-refractivity contribution in [3.8, 4) is 52.9 Å². The van der Waals surface area contributed by atoms with Crippen LogP contribution < -0.4 is 43.1 Å². The van der Waals surface area contributed by atoms with E-state index in [-0.39, 0.29) is 116 Å². The number of likely N-dealkylation sites (tertiary alicyclic amines) is 3. The summed E-state index contributed by atoms with van der Waals surface area (Å²) in [6.07, 6.45) is 16.1. The number of halogens is 6. The second-order valence-corrected chi connectivity index (χ2v) is 32.3. The quantitative estimate of drug-likeness (QED) is 0.0501. The van der Waals surface area contributed by atoms with Crippen LogP contribution in [0.5, 0.6) is 52.9 Å². The number of aromatic amines is 3. The molecular formula is C84H90Cl3F3N24O11. The molecule has 6 saturated heterocycles. The molecule has 0 saturated carbocycles. The van der Waals surface area contributed by atoms with Crippen molar-refractivity contribution in [1.29, 1.82) is 0 Å². The van der Waals surface area contributed by atoms with Gasteiger partial charge in [0.15, 0.2) is 17.2 Å². The van der Waals surface area contributed by atoms with E-state index in [9.17, 15) is 27.6 Å². The van der Waals surface area contributed by atoms with Crippen molar-refractivity contribution in [2.75, 3.05) is 168 Å². The van der Waals surface area contributed by atoms with Crippen molar-refractivity contribution < 1.29 is 65.4 Å². The molecule has 0 aliphatic carbocycles. The Kier molecular flexibility index (Phi) is 26.1. The van der Waals surface area contributed by atoms with E-state index in [0.717, 1.165) is 38.9 Å². The van der Waals surface area contributed by atoms with E-state index in [2.05, 4.69) is 109 Å². The van der Waals surface area contributed by atoms with E-state index >= 15 is 0 Å². The van der Waals surface area contributed by atoms with Gasteiger partial charge in [0.05, 0.1) is 79.7 Å². The van der Waals surface area contributed by atoms with Crippen LogP contribution in [-0.4, -0.2) is 306 Å². The number of nitrogens with zero attached hydrogens (tertiary/aromatic N) is 21. The normalized spacial score (nSPS) is 19.6. The summed E-state index contributed by atoms with van der Waals surface area (Å²) in [5, 5.41) is 23.1. The number of hydrogen-bond acceptors (Lipinski definition) is 29. The van der Waals surface area contributed by atoms with Gasteiger partial charge in [-0.2, -0.15) is 45.2 Å². The average Bonchev–Trinajstić information content (AvgIpc) is 1.49. The third-order valence-electron chi connectivity index (χ3n) is 23.3.